The predicted octanol–water partition coefficient (Wildman–Crippen LogP) is 3.21. The smallest absolute Gasteiger partial charge is 0.418 e. The lowest BCUT2D eigenvalue weighted by Gasteiger charge is -2.36. The highest BCUT2D eigenvalue weighted by atomic mass is 28.4. The van der Waals surface area contributed by atoms with E-state index in [0.29, 0.717) is 13.1 Å². The number of amides is 1. The largest absolute Gasteiger partial charge is 0.538 e. The summed E-state index contributed by atoms with van der Waals surface area (Å²) in [5.41, 5.74) is 9.14. The van der Waals surface area contributed by atoms with Gasteiger partial charge in [-0.2, -0.15) is 4.79 Å². The second-order valence-electron chi connectivity index (χ2n) is 7.09. The van der Waals surface area contributed by atoms with Crippen molar-refractivity contribution in [3.63, 3.8) is 0 Å². The van der Waals surface area contributed by atoms with E-state index in [9.17, 15) is 10.3 Å². The molecule has 1 aliphatic heterocycles. The zero-order valence-electron chi connectivity index (χ0n) is 13.9. The molecule has 0 bridgehead atoms. The molecule has 0 spiro atoms. The molecule has 0 saturated carbocycles. The maximum Gasteiger partial charge on any atom is 0.418 e. The van der Waals surface area contributed by atoms with Crippen LogP contribution in [0.1, 0.15) is 40.0 Å². The van der Waals surface area contributed by atoms with E-state index in [2.05, 4.69) is 45.2 Å². The van der Waals surface area contributed by atoms with Crippen molar-refractivity contribution in [2.75, 3.05) is 13.1 Å². The third kappa shape index (κ3) is 4.28. The van der Waals surface area contributed by atoms with Gasteiger partial charge < -0.3 is 14.9 Å². The fourth-order valence-corrected chi connectivity index (χ4v) is 2.99. The number of rotatable bonds is 4. The van der Waals surface area contributed by atoms with Gasteiger partial charge in [-0.25, -0.2) is 0 Å². The Hall–Kier alpha value is -1.39. The summed E-state index contributed by atoms with van der Waals surface area (Å²) in [7, 11) is -2.10. The van der Waals surface area contributed by atoms with E-state index >= 15 is 0 Å². The number of piperidine rings is 1. The molecule has 1 fully saturated rings. The van der Waals surface area contributed by atoms with Crippen molar-refractivity contribution in [1.82, 2.24) is 4.90 Å². The van der Waals surface area contributed by atoms with Crippen LogP contribution in [0.4, 0.5) is 0 Å². The van der Waals surface area contributed by atoms with E-state index in [1.54, 1.807) is 4.90 Å². The summed E-state index contributed by atoms with van der Waals surface area (Å²) in [5, 5.41) is -0.00925. The van der Waals surface area contributed by atoms with Crippen molar-refractivity contribution in [2.45, 2.75) is 58.2 Å². The number of nitrogens with zero attached hydrogens (tertiary/aromatic N) is 3. The molecule has 118 valence electrons. The first kappa shape index (κ1) is 17.7. The SMILES string of the molecule is C=C(O[Si](C)(C)C(C)(C)C)C(=[N+]=[N-])C(=O)N1CCCCC1. The third-order valence-corrected chi connectivity index (χ3v) is 8.76. The van der Waals surface area contributed by atoms with Crippen molar-refractivity contribution < 1.29 is 14.0 Å². The summed E-state index contributed by atoms with van der Waals surface area (Å²) in [6.07, 6.45) is 3.11. The van der Waals surface area contributed by atoms with Crippen LogP contribution in [0.2, 0.25) is 18.1 Å². The Bertz CT molecular complexity index is 468. The van der Waals surface area contributed by atoms with Crippen LogP contribution in [-0.4, -0.2) is 42.7 Å². The normalized spacial score (nSPS) is 16.1. The summed E-state index contributed by atoms with van der Waals surface area (Å²) in [4.78, 5) is 17.3. The van der Waals surface area contributed by atoms with E-state index in [1.807, 2.05) is 0 Å². The van der Waals surface area contributed by atoms with Crippen molar-refractivity contribution in [3.05, 3.63) is 17.9 Å². The molecule has 1 rings (SSSR count). The van der Waals surface area contributed by atoms with E-state index in [0.717, 1.165) is 19.3 Å². The van der Waals surface area contributed by atoms with Gasteiger partial charge in [0.05, 0.1) is 0 Å². The first-order chi connectivity index (χ1) is 9.60. The molecule has 1 heterocycles. The minimum absolute atomic E-state index is 0.00925. The first-order valence-corrected chi connectivity index (χ1v) is 10.4. The van der Waals surface area contributed by atoms with Gasteiger partial charge in [0, 0.05) is 13.1 Å². The minimum atomic E-state index is -2.10. The van der Waals surface area contributed by atoms with Gasteiger partial charge in [-0.15, -0.1) is 0 Å². The Kier molecular flexibility index (Phi) is 5.53. The lowest BCUT2D eigenvalue weighted by Crippen LogP contribution is -2.45. The quantitative estimate of drug-likeness (QED) is 0.263. The average Bonchev–Trinajstić information content (AvgIpc) is 2.38. The van der Waals surface area contributed by atoms with Crippen LogP contribution in [0.5, 0.6) is 0 Å². The van der Waals surface area contributed by atoms with Gasteiger partial charge in [0.15, 0.2) is 5.76 Å². The Morgan fingerprint density at radius 2 is 1.76 bits per heavy atom. The average molecular weight is 309 g/mol. The van der Waals surface area contributed by atoms with Gasteiger partial charge in [0.25, 0.3) is 8.32 Å². The summed E-state index contributed by atoms with van der Waals surface area (Å²) < 4.78 is 5.97. The van der Waals surface area contributed by atoms with Crippen LogP contribution in [0.3, 0.4) is 0 Å². The molecule has 0 radical (unpaired) electrons. The molecule has 1 amide bonds. The molecule has 6 heteroatoms. The van der Waals surface area contributed by atoms with E-state index in [-0.39, 0.29) is 22.4 Å². The third-order valence-electron chi connectivity index (χ3n) is 4.39. The Balaban J connectivity index is 2.83. The second-order valence-corrected chi connectivity index (χ2v) is 11.8. The van der Waals surface area contributed by atoms with Gasteiger partial charge in [0.1, 0.15) is 0 Å². The highest BCUT2D eigenvalue weighted by molar-refractivity contribution is 6.74. The van der Waals surface area contributed by atoms with Crippen LogP contribution in [-0.2, 0) is 9.22 Å². The molecular weight excluding hydrogens is 282 g/mol. The van der Waals surface area contributed by atoms with Crippen LogP contribution in [0.15, 0.2) is 12.3 Å². The molecule has 21 heavy (non-hydrogen) atoms. The molecule has 0 atom stereocenters. The van der Waals surface area contributed by atoms with Gasteiger partial charge in [-0.1, -0.05) is 20.8 Å². The summed E-state index contributed by atoms with van der Waals surface area (Å²) in [6.45, 7) is 15.7. The standard InChI is InChI=1S/C15H27N3O2Si/c1-12(20-21(5,6)15(2,3)4)13(17-16)14(19)18-10-8-7-9-11-18/h1,7-11H2,2-6H3. The Morgan fingerprint density at radius 1 is 1.24 bits per heavy atom. The molecule has 1 aliphatic rings. The number of carbonyl (C=O) groups excluding carboxylic acids is 1. The van der Waals surface area contributed by atoms with Crippen molar-refractivity contribution >= 4 is 19.9 Å². The van der Waals surface area contributed by atoms with Crippen LogP contribution in [0, 0.1) is 0 Å². The van der Waals surface area contributed by atoms with Crippen molar-refractivity contribution in [3.8, 4) is 0 Å². The van der Waals surface area contributed by atoms with Gasteiger partial charge >= 0.3 is 11.6 Å². The number of likely N-dealkylation sites (tertiary alicyclic amines) is 1. The highest BCUT2D eigenvalue weighted by Crippen LogP contribution is 2.37. The Morgan fingerprint density at radius 3 is 2.19 bits per heavy atom. The van der Waals surface area contributed by atoms with Crippen molar-refractivity contribution in [2.24, 2.45) is 0 Å². The minimum Gasteiger partial charge on any atom is -0.538 e. The lowest BCUT2D eigenvalue weighted by atomic mass is 10.1. The fourth-order valence-electron chi connectivity index (χ4n) is 1.97. The maximum atomic E-state index is 12.4. The van der Waals surface area contributed by atoms with Gasteiger partial charge in [0.2, 0.25) is 0 Å². The van der Waals surface area contributed by atoms with E-state index in [4.69, 9.17) is 4.43 Å². The first-order valence-electron chi connectivity index (χ1n) is 7.50. The number of carbonyl (C=O) groups is 1. The molecule has 5 nitrogen and oxygen atoms in total. The van der Waals surface area contributed by atoms with E-state index < -0.39 is 8.32 Å². The number of hydrogen-bond donors (Lipinski definition) is 0. The molecule has 0 unspecified atom stereocenters. The number of hydrogen-bond acceptors (Lipinski definition) is 2. The zero-order valence-corrected chi connectivity index (χ0v) is 14.9. The molecule has 1 saturated heterocycles. The van der Waals surface area contributed by atoms with E-state index in [1.165, 1.54) is 0 Å². The maximum absolute atomic E-state index is 12.4. The monoisotopic (exact) mass is 309 g/mol. The molecule has 0 aromatic heterocycles. The topological polar surface area (TPSA) is 65.9 Å². The Labute approximate surface area is 128 Å². The zero-order chi connectivity index (χ0) is 16.3. The highest BCUT2D eigenvalue weighted by Gasteiger charge is 2.42. The van der Waals surface area contributed by atoms with Gasteiger partial charge in [-0.3, -0.25) is 4.79 Å². The molecular formula is C15H27N3O2Si. The summed E-state index contributed by atoms with van der Waals surface area (Å²) >= 11 is 0. The van der Waals surface area contributed by atoms with Crippen LogP contribution in [0.25, 0.3) is 5.53 Å². The van der Waals surface area contributed by atoms with Gasteiger partial charge in [-0.05, 0) is 44.0 Å². The summed E-state index contributed by atoms with van der Waals surface area (Å²) in [6, 6.07) is 0. The molecule has 0 aliphatic carbocycles. The fraction of sp³-hybridized carbons (Fsp3) is 0.733. The molecule has 0 aromatic carbocycles. The second kappa shape index (κ2) is 6.58. The predicted molar refractivity (Wildman–Crippen MR) is 86.5 cm³/mol. The molecule has 0 aromatic rings. The van der Waals surface area contributed by atoms with Crippen LogP contribution < -0.4 is 0 Å². The lowest BCUT2D eigenvalue weighted by molar-refractivity contribution is -0.129. The summed E-state index contributed by atoms with van der Waals surface area (Å²) in [5.74, 6) is -0.111. The van der Waals surface area contributed by atoms with Crippen molar-refractivity contribution in [1.29, 1.82) is 0 Å². The molecule has 0 N–H and O–H groups in total. The van der Waals surface area contributed by atoms with Crippen LogP contribution >= 0.6 is 0 Å².